The lowest BCUT2D eigenvalue weighted by Gasteiger charge is -1.90. The van der Waals surface area contributed by atoms with Gasteiger partial charge in [-0.1, -0.05) is 0 Å². The van der Waals surface area contributed by atoms with E-state index in [0.29, 0.717) is 0 Å². The monoisotopic (exact) mass is 112 g/mol. The molecule has 0 aromatic heterocycles. The maximum atomic E-state index is 7.74. The molecule has 0 aromatic carbocycles. The number of hydrogen-bond donors (Lipinski definition) is 2. The fraction of sp³-hybridized carbons (Fsp3) is 1.00. The van der Waals surface area contributed by atoms with E-state index in [-0.39, 0.29) is 5.48 Å². The van der Waals surface area contributed by atoms with Crippen molar-refractivity contribution in [1.29, 1.82) is 0 Å². The van der Waals surface area contributed by atoms with E-state index in [1.54, 1.807) is 0 Å². The molecule has 0 fully saturated rings. The summed E-state index contributed by atoms with van der Waals surface area (Å²) in [4.78, 5) is 7.58. The van der Waals surface area contributed by atoms with Crippen molar-refractivity contribution in [2.45, 2.75) is 0 Å². The lowest BCUT2D eigenvalue weighted by Crippen LogP contribution is -1.95. The summed E-state index contributed by atoms with van der Waals surface area (Å²) in [6.07, 6.45) is 0. The molecule has 0 rings (SSSR count). The third-order valence-electron chi connectivity index (χ3n) is 0.189. The molecule has 0 aliphatic heterocycles. The van der Waals surface area contributed by atoms with Crippen molar-refractivity contribution in [1.82, 2.24) is 0 Å². The van der Waals surface area contributed by atoms with Gasteiger partial charge in [0.2, 0.25) is 0 Å². The summed E-state index contributed by atoms with van der Waals surface area (Å²) >= 11 is 0. The molecule has 0 aliphatic rings. The Morgan fingerprint density at radius 2 is 1.29 bits per heavy atom. The zero-order valence-electron chi connectivity index (χ0n) is 3.63. The summed E-state index contributed by atoms with van der Waals surface area (Å²) in [5, 5.41) is 15.5. The number of aliphatic hydroxyl groups excluding tert-OH is 2. The molecule has 0 amide bonds. The van der Waals surface area contributed by atoms with Crippen molar-refractivity contribution >= 4 is 0 Å². The Hall–Kier alpha value is -0.200. The first kappa shape index (κ1) is 9.93. The standard InChI is InChI=1S/C2H6O4.H2O/c3-1-5-6-2-4;/h3-4H,1-2H2;1H2. The van der Waals surface area contributed by atoms with E-state index in [1.165, 1.54) is 0 Å². The van der Waals surface area contributed by atoms with Gasteiger partial charge < -0.3 is 15.7 Å². The fourth-order valence-electron chi connectivity index (χ4n) is 0.0745. The van der Waals surface area contributed by atoms with Crippen molar-refractivity contribution in [3.8, 4) is 0 Å². The van der Waals surface area contributed by atoms with Crippen molar-refractivity contribution in [3.63, 3.8) is 0 Å². The van der Waals surface area contributed by atoms with Gasteiger partial charge in [-0.2, -0.15) is 0 Å². The maximum Gasteiger partial charge on any atom is 0.178 e. The van der Waals surface area contributed by atoms with Gasteiger partial charge >= 0.3 is 0 Å². The Morgan fingerprint density at radius 3 is 1.43 bits per heavy atom. The molecule has 0 spiro atoms. The minimum Gasteiger partial charge on any atom is -0.412 e. The highest BCUT2D eigenvalue weighted by Crippen LogP contribution is 1.67. The zero-order valence-corrected chi connectivity index (χ0v) is 3.63. The molecule has 0 saturated heterocycles. The SMILES string of the molecule is O.OCOOCO. The van der Waals surface area contributed by atoms with E-state index < -0.39 is 13.6 Å². The summed E-state index contributed by atoms with van der Waals surface area (Å²) in [5.74, 6) is 0. The highest BCUT2D eigenvalue weighted by molar-refractivity contribution is 3.72. The Balaban J connectivity index is 0. The molecule has 0 saturated carbocycles. The highest BCUT2D eigenvalue weighted by atomic mass is 17.2. The number of rotatable bonds is 3. The minimum atomic E-state index is -0.527. The van der Waals surface area contributed by atoms with Gasteiger partial charge in [-0.3, -0.25) is 0 Å². The molecule has 0 atom stereocenters. The lowest BCUT2D eigenvalue weighted by atomic mass is 11.5. The summed E-state index contributed by atoms with van der Waals surface area (Å²) in [6, 6.07) is 0. The average molecular weight is 112 g/mol. The van der Waals surface area contributed by atoms with Crippen LogP contribution in [0.1, 0.15) is 0 Å². The lowest BCUT2D eigenvalue weighted by molar-refractivity contribution is -0.356. The molecule has 7 heavy (non-hydrogen) atoms. The van der Waals surface area contributed by atoms with Crippen molar-refractivity contribution in [2.75, 3.05) is 13.6 Å². The first-order chi connectivity index (χ1) is 2.91. The quantitative estimate of drug-likeness (QED) is 0.191. The number of aliphatic hydroxyl groups is 2. The van der Waals surface area contributed by atoms with Crippen LogP contribution < -0.4 is 0 Å². The first-order valence-electron chi connectivity index (χ1n) is 1.38. The van der Waals surface area contributed by atoms with Gasteiger partial charge in [-0.15, -0.1) is 0 Å². The smallest absolute Gasteiger partial charge is 0.178 e. The molecule has 0 aromatic rings. The van der Waals surface area contributed by atoms with Gasteiger partial charge in [-0.25, -0.2) is 9.78 Å². The van der Waals surface area contributed by atoms with Gasteiger partial charge in [0.1, 0.15) is 0 Å². The van der Waals surface area contributed by atoms with Gasteiger partial charge in [0, 0.05) is 0 Å². The van der Waals surface area contributed by atoms with Gasteiger partial charge in [-0.05, 0) is 0 Å². The van der Waals surface area contributed by atoms with Crippen LogP contribution in [-0.4, -0.2) is 29.3 Å². The van der Waals surface area contributed by atoms with E-state index in [1.807, 2.05) is 0 Å². The van der Waals surface area contributed by atoms with Crippen LogP contribution in [0.3, 0.4) is 0 Å². The highest BCUT2D eigenvalue weighted by Gasteiger charge is 1.73. The van der Waals surface area contributed by atoms with Crippen molar-refractivity contribution < 1.29 is 25.5 Å². The molecule has 0 unspecified atom stereocenters. The maximum absolute atomic E-state index is 7.74. The molecule has 0 radical (unpaired) electrons. The largest absolute Gasteiger partial charge is 0.412 e. The fourth-order valence-corrected chi connectivity index (χ4v) is 0.0745. The van der Waals surface area contributed by atoms with Gasteiger partial charge in [0.25, 0.3) is 0 Å². The summed E-state index contributed by atoms with van der Waals surface area (Å²) < 4.78 is 0. The average Bonchev–Trinajstić information content (AvgIpc) is 1.61. The first-order valence-corrected chi connectivity index (χ1v) is 1.38. The molecule has 5 heteroatoms. The van der Waals surface area contributed by atoms with Crippen LogP contribution in [0.25, 0.3) is 0 Å². The third kappa shape index (κ3) is 10.7. The minimum absolute atomic E-state index is 0. The molecule has 0 bridgehead atoms. The van der Waals surface area contributed by atoms with Gasteiger partial charge in [0.15, 0.2) is 13.6 Å². The van der Waals surface area contributed by atoms with Crippen molar-refractivity contribution in [3.05, 3.63) is 0 Å². The van der Waals surface area contributed by atoms with Crippen LogP contribution in [0.15, 0.2) is 0 Å². The molecule has 0 aliphatic carbocycles. The van der Waals surface area contributed by atoms with Crippen LogP contribution in [0.2, 0.25) is 0 Å². The van der Waals surface area contributed by atoms with E-state index in [2.05, 4.69) is 9.78 Å². The predicted molar refractivity (Wildman–Crippen MR) is 20.0 cm³/mol. The molecular formula is C2H8O5. The molecular weight excluding hydrogens is 104 g/mol. The van der Waals surface area contributed by atoms with E-state index >= 15 is 0 Å². The Labute approximate surface area is 40.3 Å². The number of hydrogen-bond acceptors (Lipinski definition) is 4. The van der Waals surface area contributed by atoms with Crippen molar-refractivity contribution in [2.24, 2.45) is 0 Å². The van der Waals surface area contributed by atoms with Crippen LogP contribution in [0.4, 0.5) is 0 Å². The second-order valence-electron chi connectivity index (χ2n) is 0.494. The summed E-state index contributed by atoms with van der Waals surface area (Å²) in [7, 11) is 0. The Morgan fingerprint density at radius 1 is 1.00 bits per heavy atom. The zero-order chi connectivity index (χ0) is 4.83. The van der Waals surface area contributed by atoms with Crippen LogP contribution in [0.5, 0.6) is 0 Å². The summed E-state index contributed by atoms with van der Waals surface area (Å²) in [6.45, 7) is -1.05. The predicted octanol–water partition coefficient (Wildman–Crippen LogP) is -1.99. The topological polar surface area (TPSA) is 90.4 Å². The molecule has 4 N–H and O–H groups in total. The van der Waals surface area contributed by atoms with Crippen LogP contribution >= 0.6 is 0 Å². The van der Waals surface area contributed by atoms with E-state index in [9.17, 15) is 0 Å². The molecule has 5 nitrogen and oxygen atoms in total. The Kier molecular flexibility index (Phi) is 13.1. The van der Waals surface area contributed by atoms with Crippen LogP contribution in [-0.2, 0) is 9.78 Å². The van der Waals surface area contributed by atoms with Gasteiger partial charge in [0.05, 0.1) is 0 Å². The normalized spacial score (nSPS) is 7.71. The second kappa shape index (κ2) is 9.25. The van der Waals surface area contributed by atoms with Crippen LogP contribution in [0, 0.1) is 0 Å². The van der Waals surface area contributed by atoms with E-state index in [4.69, 9.17) is 10.2 Å². The second-order valence-corrected chi connectivity index (χ2v) is 0.494. The molecule has 0 heterocycles. The molecule has 46 valence electrons. The Bertz CT molecular complexity index is 18.0. The third-order valence-corrected chi connectivity index (χ3v) is 0.189. The summed E-state index contributed by atoms with van der Waals surface area (Å²) in [5.41, 5.74) is 0. The van der Waals surface area contributed by atoms with E-state index in [0.717, 1.165) is 0 Å².